The van der Waals surface area contributed by atoms with Gasteiger partial charge in [-0.3, -0.25) is 0 Å². The van der Waals surface area contributed by atoms with Crippen molar-refractivity contribution < 1.29 is 9.47 Å². The molecule has 1 spiro atoms. The fraction of sp³-hybridized carbons (Fsp3) is 0.905. The second-order valence-corrected chi connectivity index (χ2v) is 9.79. The summed E-state index contributed by atoms with van der Waals surface area (Å²) in [6, 6.07) is 0.0477. The van der Waals surface area contributed by atoms with Gasteiger partial charge in [0.2, 0.25) is 0 Å². The Labute approximate surface area is 150 Å². The van der Waals surface area contributed by atoms with Crippen molar-refractivity contribution in [1.29, 1.82) is 0 Å². The Balaban J connectivity index is 1.45. The highest BCUT2D eigenvalue weighted by atomic mass is 16.7. The summed E-state index contributed by atoms with van der Waals surface area (Å²) < 4.78 is 12.0. The minimum atomic E-state index is -0.318. The van der Waals surface area contributed by atoms with Gasteiger partial charge in [0.25, 0.3) is 0 Å². The summed E-state index contributed by atoms with van der Waals surface area (Å²) in [5, 5.41) is 3.53. The van der Waals surface area contributed by atoms with Gasteiger partial charge in [0.05, 0.1) is 19.3 Å². The normalized spacial score (nSPS) is 50.7. The fourth-order valence-electron chi connectivity index (χ4n) is 7.49. The van der Waals surface area contributed by atoms with Crippen LogP contribution in [-0.2, 0) is 9.47 Å². The molecule has 4 nitrogen and oxygen atoms in total. The van der Waals surface area contributed by atoms with Gasteiger partial charge in [-0.05, 0) is 67.1 Å². The predicted octanol–water partition coefficient (Wildman–Crippen LogP) is 4.83. The molecule has 0 N–H and O–H groups in total. The summed E-state index contributed by atoms with van der Waals surface area (Å²) in [6.45, 7) is 6.35. The average Bonchev–Trinajstić information content (AvgIpc) is 3.19. The average molecular weight is 345 g/mol. The van der Waals surface area contributed by atoms with Crippen molar-refractivity contribution in [3.63, 3.8) is 0 Å². The van der Waals surface area contributed by atoms with E-state index in [4.69, 9.17) is 9.47 Å². The number of nitroso groups, excluding NO2 is 1. The zero-order valence-electron chi connectivity index (χ0n) is 15.6. The molecule has 25 heavy (non-hydrogen) atoms. The summed E-state index contributed by atoms with van der Waals surface area (Å²) in [6.07, 6.45) is 11.5. The molecular formula is C21H31NO3. The van der Waals surface area contributed by atoms with E-state index in [0.29, 0.717) is 11.3 Å². The van der Waals surface area contributed by atoms with Crippen molar-refractivity contribution in [2.24, 2.45) is 33.8 Å². The van der Waals surface area contributed by atoms with Crippen LogP contribution in [0.3, 0.4) is 0 Å². The molecule has 3 saturated carbocycles. The minimum Gasteiger partial charge on any atom is -0.347 e. The van der Waals surface area contributed by atoms with Crippen LogP contribution in [0.1, 0.15) is 65.2 Å². The smallest absolute Gasteiger partial charge is 0.172 e. The van der Waals surface area contributed by atoms with Crippen LogP contribution in [0, 0.1) is 33.5 Å². The van der Waals surface area contributed by atoms with E-state index in [2.05, 4.69) is 25.1 Å². The molecule has 4 aliphatic carbocycles. The van der Waals surface area contributed by atoms with Crippen molar-refractivity contribution in [3.05, 3.63) is 16.6 Å². The lowest BCUT2D eigenvalue weighted by Gasteiger charge is -2.58. The van der Waals surface area contributed by atoms with E-state index in [0.717, 1.165) is 44.3 Å². The lowest BCUT2D eigenvalue weighted by Crippen LogP contribution is -2.52. The summed E-state index contributed by atoms with van der Waals surface area (Å²) in [4.78, 5) is 11.4. The number of fused-ring (bicyclic) bond motifs is 5. The van der Waals surface area contributed by atoms with E-state index in [-0.39, 0.29) is 17.2 Å². The van der Waals surface area contributed by atoms with E-state index < -0.39 is 0 Å². The highest BCUT2D eigenvalue weighted by Gasteiger charge is 2.60. The number of rotatable bonds is 1. The van der Waals surface area contributed by atoms with Crippen LogP contribution in [-0.4, -0.2) is 25.0 Å². The molecule has 1 heterocycles. The number of hydrogen-bond donors (Lipinski definition) is 0. The Bertz CT molecular complexity index is 610. The predicted molar refractivity (Wildman–Crippen MR) is 95.9 cm³/mol. The van der Waals surface area contributed by atoms with Crippen molar-refractivity contribution in [3.8, 4) is 0 Å². The van der Waals surface area contributed by atoms with Gasteiger partial charge in [0, 0.05) is 12.8 Å². The molecule has 0 aromatic carbocycles. The van der Waals surface area contributed by atoms with Gasteiger partial charge in [-0.25, -0.2) is 0 Å². The largest absolute Gasteiger partial charge is 0.347 e. The van der Waals surface area contributed by atoms with Crippen molar-refractivity contribution >= 4 is 0 Å². The second kappa shape index (κ2) is 5.39. The molecule has 3 unspecified atom stereocenters. The molecule has 0 radical (unpaired) electrons. The number of hydrogen-bond acceptors (Lipinski definition) is 4. The zero-order chi connectivity index (χ0) is 17.3. The van der Waals surface area contributed by atoms with Crippen LogP contribution in [0.2, 0.25) is 0 Å². The molecule has 0 bridgehead atoms. The highest BCUT2D eigenvalue weighted by Crippen LogP contribution is 2.66. The van der Waals surface area contributed by atoms with Crippen LogP contribution in [0.25, 0.3) is 0 Å². The first-order valence-corrected chi connectivity index (χ1v) is 10.3. The van der Waals surface area contributed by atoms with Gasteiger partial charge in [-0.15, -0.1) is 0 Å². The van der Waals surface area contributed by atoms with Gasteiger partial charge in [-0.1, -0.05) is 30.7 Å². The van der Waals surface area contributed by atoms with Crippen molar-refractivity contribution in [1.82, 2.24) is 0 Å². The topological polar surface area (TPSA) is 47.9 Å². The lowest BCUT2D eigenvalue weighted by atomic mass is 9.47. The third-order valence-electron chi connectivity index (χ3n) is 9.00. The van der Waals surface area contributed by atoms with E-state index in [1.54, 1.807) is 5.57 Å². The SMILES string of the molecule is C[C@]12CCC3(CC1=CCC1C2CC[C@@]2(C)C1CC[C@@H]2N=O)OCCO3. The lowest BCUT2D eigenvalue weighted by molar-refractivity contribution is -0.185. The van der Waals surface area contributed by atoms with E-state index in [1.165, 1.54) is 32.1 Å². The maximum absolute atomic E-state index is 11.4. The van der Waals surface area contributed by atoms with Crippen LogP contribution >= 0.6 is 0 Å². The third-order valence-corrected chi connectivity index (χ3v) is 9.00. The van der Waals surface area contributed by atoms with Crippen LogP contribution < -0.4 is 0 Å². The molecule has 5 rings (SSSR count). The Hall–Kier alpha value is -0.740. The van der Waals surface area contributed by atoms with Gasteiger partial charge < -0.3 is 9.47 Å². The van der Waals surface area contributed by atoms with Crippen molar-refractivity contribution in [2.45, 2.75) is 77.0 Å². The van der Waals surface area contributed by atoms with Crippen LogP contribution in [0.15, 0.2) is 16.8 Å². The molecule has 0 aromatic heterocycles. The molecule has 0 amide bonds. The standard InChI is InChI=1S/C21H31NO3/c1-19-9-10-21(24-11-12-25-21)13-14(19)3-4-15-16-5-6-18(22-23)20(16,2)8-7-17(15)19/h3,15-18H,4-13H2,1-2H3/t15?,16?,17?,18-,19-,20-/m0/s1. The quantitative estimate of drug-likeness (QED) is 0.505. The summed E-state index contributed by atoms with van der Waals surface area (Å²) in [5.74, 6) is 1.85. The maximum atomic E-state index is 11.4. The molecule has 1 aliphatic heterocycles. The molecule has 138 valence electrons. The maximum Gasteiger partial charge on any atom is 0.172 e. The Kier molecular flexibility index (Phi) is 3.54. The fourth-order valence-corrected chi connectivity index (χ4v) is 7.49. The first-order valence-electron chi connectivity index (χ1n) is 10.3. The minimum absolute atomic E-state index is 0.0477. The molecule has 0 aromatic rings. The Morgan fingerprint density at radius 2 is 1.84 bits per heavy atom. The third kappa shape index (κ3) is 2.13. The summed E-state index contributed by atoms with van der Waals surface area (Å²) in [5.41, 5.74) is 2.05. The zero-order valence-corrected chi connectivity index (χ0v) is 15.6. The van der Waals surface area contributed by atoms with E-state index in [9.17, 15) is 4.91 Å². The van der Waals surface area contributed by atoms with Crippen LogP contribution in [0.4, 0.5) is 0 Å². The first kappa shape index (κ1) is 16.4. The van der Waals surface area contributed by atoms with Gasteiger partial charge >= 0.3 is 0 Å². The molecule has 1 saturated heterocycles. The first-order chi connectivity index (χ1) is 12.0. The van der Waals surface area contributed by atoms with Gasteiger partial charge in [-0.2, -0.15) is 4.91 Å². The van der Waals surface area contributed by atoms with E-state index in [1.807, 2.05) is 0 Å². The molecule has 4 heteroatoms. The van der Waals surface area contributed by atoms with E-state index >= 15 is 0 Å². The van der Waals surface area contributed by atoms with Gasteiger partial charge in [0.1, 0.15) is 0 Å². The van der Waals surface area contributed by atoms with Crippen molar-refractivity contribution in [2.75, 3.05) is 13.2 Å². The van der Waals surface area contributed by atoms with Crippen LogP contribution in [0.5, 0.6) is 0 Å². The van der Waals surface area contributed by atoms with Gasteiger partial charge in [0.15, 0.2) is 5.79 Å². The molecular weight excluding hydrogens is 314 g/mol. The summed E-state index contributed by atoms with van der Waals surface area (Å²) >= 11 is 0. The highest BCUT2D eigenvalue weighted by molar-refractivity contribution is 5.26. The Morgan fingerprint density at radius 1 is 1.04 bits per heavy atom. The monoisotopic (exact) mass is 345 g/mol. The Morgan fingerprint density at radius 3 is 2.60 bits per heavy atom. The number of nitrogens with zero attached hydrogens (tertiary/aromatic N) is 1. The molecule has 4 fully saturated rings. The number of allylic oxidation sites excluding steroid dienone is 1. The molecule has 6 atom stereocenters. The summed E-state index contributed by atoms with van der Waals surface area (Å²) in [7, 11) is 0. The molecule has 5 aliphatic rings. The number of ether oxygens (including phenoxy) is 2. The second-order valence-electron chi connectivity index (χ2n) is 9.79.